The van der Waals surface area contributed by atoms with Crippen LogP contribution in [0.15, 0.2) is 0 Å². The van der Waals surface area contributed by atoms with Crippen LogP contribution in [0.2, 0.25) is 0 Å². The molecule has 82 valence electrons. The first-order valence-corrected chi connectivity index (χ1v) is 5.15. The van der Waals surface area contributed by atoms with Crippen molar-refractivity contribution in [2.45, 2.75) is 44.2 Å². The molecule has 1 rings (SSSR count). The Kier molecular flexibility index (Phi) is 3.89. The standard InChI is InChI=1S/C10H20N2O2/c1-10(9(11)13,6-3-7-14-2)12-8-4-5-8/h8,12H,3-7H2,1-2H3,(H2,11,13). The Labute approximate surface area is 85.2 Å². The summed E-state index contributed by atoms with van der Waals surface area (Å²) in [7, 11) is 1.66. The molecule has 1 saturated carbocycles. The van der Waals surface area contributed by atoms with Gasteiger partial charge < -0.3 is 15.8 Å². The van der Waals surface area contributed by atoms with Gasteiger partial charge >= 0.3 is 0 Å². The van der Waals surface area contributed by atoms with Crippen LogP contribution in [-0.2, 0) is 9.53 Å². The summed E-state index contributed by atoms with van der Waals surface area (Å²) in [6.07, 6.45) is 3.92. The Hall–Kier alpha value is -0.610. The monoisotopic (exact) mass is 200 g/mol. The Bertz CT molecular complexity index is 204. The number of nitrogens with one attached hydrogen (secondary N) is 1. The molecule has 0 aromatic heterocycles. The zero-order chi connectivity index (χ0) is 10.6. The topological polar surface area (TPSA) is 64.3 Å². The number of primary amides is 1. The van der Waals surface area contributed by atoms with Crippen LogP contribution in [0.25, 0.3) is 0 Å². The van der Waals surface area contributed by atoms with E-state index in [1.54, 1.807) is 7.11 Å². The lowest BCUT2D eigenvalue weighted by Gasteiger charge is -2.27. The summed E-state index contributed by atoms with van der Waals surface area (Å²) >= 11 is 0. The maximum atomic E-state index is 11.3. The molecule has 0 bridgehead atoms. The summed E-state index contributed by atoms with van der Waals surface area (Å²) in [5, 5.41) is 3.30. The van der Waals surface area contributed by atoms with E-state index in [0.717, 1.165) is 25.7 Å². The molecule has 0 aromatic rings. The van der Waals surface area contributed by atoms with Crippen LogP contribution in [-0.4, -0.2) is 31.2 Å². The maximum absolute atomic E-state index is 11.3. The number of nitrogens with two attached hydrogens (primary N) is 1. The van der Waals surface area contributed by atoms with Gasteiger partial charge in [-0.25, -0.2) is 0 Å². The summed E-state index contributed by atoms with van der Waals surface area (Å²) in [6, 6.07) is 0.495. The molecule has 0 aliphatic heterocycles. The van der Waals surface area contributed by atoms with Crippen LogP contribution in [0, 0.1) is 0 Å². The van der Waals surface area contributed by atoms with Gasteiger partial charge in [0.1, 0.15) is 0 Å². The van der Waals surface area contributed by atoms with E-state index in [2.05, 4.69) is 5.32 Å². The highest BCUT2D eigenvalue weighted by Gasteiger charge is 2.36. The van der Waals surface area contributed by atoms with Gasteiger partial charge in [0.25, 0.3) is 0 Å². The molecular weight excluding hydrogens is 180 g/mol. The molecular formula is C10H20N2O2. The number of methoxy groups -OCH3 is 1. The number of ether oxygens (including phenoxy) is 1. The van der Waals surface area contributed by atoms with Crippen molar-refractivity contribution < 1.29 is 9.53 Å². The highest BCUT2D eigenvalue weighted by molar-refractivity contribution is 5.84. The first-order valence-electron chi connectivity index (χ1n) is 5.15. The summed E-state index contributed by atoms with van der Waals surface area (Å²) in [5.74, 6) is -0.263. The molecule has 1 atom stereocenters. The van der Waals surface area contributed by atoms with E-state index in [1.165, 1.54) is 0 Å². The molecule has 1 unspecified atom stereocenters. The second-order valence-electron chi connectivity index (χ2n) is 4.21. The lowest BCUT2D eigenvalue weighted by molar-refractivity contribution is -0.124. The van der Waals surface area contributed by atoms with Gasteiger partial charge in [-0.3, -0.25) is 4.79 Å². The molecule has 1 fully saturated rings. The third-order valence-electron chi connectivity index (χ3n) is 2.67. The van der Waals surface area contributed by atoms with Crippen LogP contribution in [0.4, 0.5) is 0 Å². The molecule has 0 aromatic carbocycles. The van der Waals surface area contributed by atoms with Gasteiger partial charge in [-0.2, -0.15) is 0 Å². The number of hydrogen-bond donors (Lipinski definition) is 2. The number of hydrogen-bond acceptors (Lipinski definition) is 3. The Morgan fingerprint density at radius 1 is 1.64 bits per heavy atom. The van der Waals surface area contributed by atoms with Crippen molar-refractivity contribution in [3.8, 4) is 0 Å². The smallest absolute Gasteiger partial charge is 0.237 e. The Balaban J connectivity index is 2.38. The summed E-state index contributed by atoms with van der Waals surface area (Å²) < 4.78 is 4.96. The molecule has 14 heavy (non-hydrogen) atoms. The average molecular weight is 200 g/mol. The predicted molar refractivity (Wildman–Crippen MR) is 54.9 cm³/mol. The van der Waals surface area contributed by atoms with Crippen LogP contribution >= 0.6 is 0 Å². The zero-order valence-corrected chi connectivity index (χ0v) is 9.01. The Morgan fingerprint density at radius 3 is 2.71 bits per heavy atom. The van der Waals surface area contributed by atoms with Gasteiger partial charge in [0, 0.05) is 19.8 Å². The first kappa shape index (κ1) is 11.5. The van der Waals surface area contributed by atoms with E-state index in [9.17, 15) is 4.79 Å². The second kappa shape index (κ2) is 4.75. The average Bonchev–Trinajstić information content (AvgIpc) is 2.88. The minimum Gasteiger partial charge on any atom is -0.385 e. The second-order valence-corrected chi connectivity index (χ2v) is 4.21. The lowest BCUT2D eigenvalue weighted by atomic mass is 9.95. The molecule has 0 saturated heterocycles. The van der Waals surface area contributed by atoms with E-state index in [4.69, 9.17) is 10.5 Å². The summed E-state index contributed by atoms with van der Waals surface area (Å²) in [6.45, 7) is 2.55. The number of rotatable bonds is 7. The van der Waals surface area contributed by atoms with Crippen LogP contribution in [0.1, 0.15) is 32.6 Å². The van der Waals surface area contributed by atoms with Gasteiger partial charge in [-0.1, -0.05) is 0 Å². The van der Waals surface area contributed by atoms with E-state index >= 15 is 0 Å². The highest BCUT2D eigenvalue weighted by atomic mass is 16.5. The number of carbonyl (C=O) groups excluding carboxylic acids is 1. The maximum Gasteiger partial charge on any atom is 0.237 e. The quantitative estimate of drug-likeness (QED) is 0.585. The van der Waals surface area contributed by atoms with Crippen LogP contribution in [0.5, 0.6) is 0 Å². The molecule has 0 radical (unpaired) electrons. The van der Waals surface area contributed by atoms with Crippen molar-refractivity contribution in [3.63, 3.8) is 0 Å². The van der Waals surface area contributed by atoms with Crippen molar-refractivity contribution in [2.24, 2.45) is 5.73 Å². The van der Waals surface area contributed by atoms with Gasteiger partial charge in [0.15, 0.2) is 0 Å². The van der Waals surface area contributed by atoms with Crippen LogP contribution in [0.3, 0.4) is 0 Å². The molecule has 4 nitrogen and oxygen atoms in total. The van der Waals surface area contributed by atoms with E-state index in [1.807, 2.05) is 6.92 Å². The fourth-order valence-electron chi connectivity index (χ4n) is 1.51. The van der Waals surface area contributed by atoms with E-state index in [0.29, 0.717) is 12.6 Å². The largest absolute Gasteiger partial charge is 0.385 e. The molecule has 1 amide bonds. The molecule has 3 N–H and O–H groups in total. The van der Waals surface area contributed by atoms with E-state index in [-0.39, 0.29) is 5.91 Å². The van der Waals surface area contributed by atoms with Crippen molar-refractivity contribution in [1.29, 1.82) is 0 Å². The minimum absolute atomic E-state index is 0.263. The lowest BCUT2D eigenvalue weighted by Crippen LogP contribution is -2.54. The van der Waals surface area contributed by atoms with Crippen molar-refractivity contribution >= 4 is 5.91 Å². The van der Waals surface area contributed by atoms with Crippen LogP contribution < -0.4 is 11.1 Å². The van der Waals surface area contributed by atoms with Gasteiger partial charge in [-0.15, -0.1) is 0 Å². The predicted octanol–water partition coefficient (Wildman–Crippen LogP) is 0.409. The van der Waals surface area contributed by atoms with E-state index < -0.39 is 5.54 Å². The van der Waals surface area contributed by atoms with Gasteiger partial charge in [0.05, 0.1) is 5.54 Å². The molecule has 4 heteroatoms. The van der Waals surface area contributed by atoms with Crippen molar-refractivity contribution in [2.75, 3.05) is 13.7 Å². The first-order chi connectivity index (χ1) is 6.58. The highest BCUT2D eigenvalue weighted by Crippen LogP contribution is 2.24. The Morgan fingerprint density at radius 2 is 2.29 bits per heavy atom. The number of amides is 1. The zero-order valence-electron chi connectivity index (χ0n) is 9.01. The SMILES string of the molecule is COCCCC(C)(NC1CC1)C(N)=O. The minimum atomic E-state index is -0.556. The molecule has 0 spiro atoms. The van der Waals surface area contributed by atoms with Crippen molar-refractivity contribution in [3.05, 3.63) is 0 Å². The third kappa shape index (κ3) is 3.27. The fourth-order valence-corrected chi connectivity index (χ4v) is 1.51. The van der Waals surface area contributed by atoms with Crippen molar-refractivity contribution in [1.82, 2.24) is 5.32 Å². The number of carbonyl (C=O) groups is 1. The summed E-state index contributed by atoms with van der Waals surface area (Å²) in [5.41, 5.74) is 4.83. The molecule has 0 heterocycles. The molecule has 1 aliphatic rings. The normalized spacial score (nSPS) is 20.4. The summed E-state index contributed by atoms with van der Waals surface area (Å²) in [4.78, 5) is 11.3. The van der Waals surface area contributed by atoms with Gasteiger partial charge in [0.2, 0.25) is 5.91 Å². The third-order valence-corrected chi connectivity index (χ3v) is 2.67. The van der Waals surface area contributed by atoms with Gasteiger partial charge in [-0.05, 0) is 32.6 Å². The molecule has 1 aliphatic carbocycles. The fraction of sp³-hybridized carbons (Fsp3) is 0.900.